The molecule has 0 spiro atoms. The van der Waals surface area contributed by atoms with E-state index in [0.29, 0.717) is 35.9 Å². The molecule has 0 aliphatic rings. The number of fused-ring (bicyclic) bond motifs is 1. The van der Waals surface area contributed by atoms with E-state index >= 15 is 0 Å². The number of thioether (sulfide) groups is 1. The smallest absolute Gasteiger partial charge is 0.291 e. The van der Waals surface area contributed by atoms with Crippen LogP contribution in [0.3, 0.4) is 0 Å². The van der Waals surface area contributed by atoms with Gasteiger partial charge in [-0.05, 0) is 41.9 Å². The topological polar surface area (TPSA) is 64.7 Å². The number of amides is 1. The molecule has 2 heterocycles. The molecule has 0 atom stereocenters. The van der Waals surface area contributed by atoms with E-state index < -0.39 is 5.76 Å². The summed E-state index contributed by atoms with van der Waals surface area (Å²) in [5.74, 6) is -1.95. The fourth-order valence-electron chi connectivity index (χ4n) is 3.38. The number of carbonyl (C=O) groups is 1. The maximum Gasteiger partial charge on any atom is 0.291 e. The fourth-order valence-corrected chi connectivity index (χ4v) is 3.98. The Morgan fingerprint density at radius 2 is 1.97 bits per heavy atom. The van der Waals surface area contributed by atoms with Crippen molar-refractivity contribution < 1.29 is 13.6 Å². The molecule has 9 heteroatoms. The largest absolute Gasteiger partial charge is 0.350 e. The molecule has 4 rings (SSSR count). The van der Waals surface area contributed by atoms with Crippen molar-refractivity contribution in [2.24, 2.45) is 0 Å². The number of hydrogen-bond acceptors (Lipinski definition) is 4. The zero-order valence-corrected chi connectivity index (χ0v) is 17.6. The molecule has 1 amide bonds. The number of nitrogens with one attached hydrogen (secondary N) is 1. The summed E-state index contributed by atoms with van der Waals surface area (Å²) in [6.07, 6.45) is 3.69. The van der Waals surface area contributed by atoms with Crippen LogP contribution >= 0.6 is 11.8 Å². The van der Waals surface area contributed by atoms with Crippen LogP contribution in [0.5, 0.6) is 0 Å². The summed E-state index contributed by atoms with van der Waals surface area (Å²) in [6.45, 7) is 2.91. The van der Waals surface area contributed by atoms with Crippen LogP contribution in [0.1, 0.15) is 17.0 Å². The molecule has 0 aliphatic heterocycles. The van der Waals surface area contributed by atoms with E-state index in [-0.39, 0.29) is 17.6 Å². The molecule has 0 fully saturated rings. The molecule has 2 aromatic carbocycles. The summed E-state index contributed by atoms with van der Waals surface area (Å²) in [4.78, 5) is 21.0. The first-order valence-corrected chi connectivity index (χ1v) is 10.6. The van der Waals surface area contributed by atoms with Crippen LogP contribution < -0.4 is 5.32 Å². The third-order valence-corrected chi connectivity index (χ3v) is 5.57. The van der Waals surface area contributed by atoms with Crippen LogP contribution in [0.25, 0.3) is 11.0 Å². The minimum absolute atomic E-state index is 0.0799. The first-order valence-electron chi connectivity index (χ1n) is 9.72. The molecule has 31 heavy (non-hydrogen) atoms. The average molecular weight is 442 g/mol. The van der Waals surface area contributed by atoms with Crippen LogP contribution in [0.2, 0.25) is 0 Å². The first-order chi connectivity index (χ1) is 15.0. The highest BCUT2D eigenvalue weighted by atomic mass is 32.2. The second-order valence-corrected chi connectivity index (χ2v) is 8.00. The maximum atomic E-state index is 12.9. The predicted molar refractivity (Wildman–Crippen MR) is 116 cm³/mol. The molecule has 4 aromatic rings. The van der Waals surface area contributed by atoms with Gasteiger partial charge in [-0.2, -0.15) is 8.78 Å². The summed E-state index contributed by atoms with van der Waals surface area (Å²) >= 11 is 0.343. The lowest BCUT2D eigenvalue weighted by Crippen LogP contribution is -2.27. The summed E-state index contributed by atoms with van der Waals surface area (Å²) < 4.78 is 29.4. The quantitative estimate of drug-likeness (QED) is 0.416. The molecule has 0 unspecified atom stereocenters. The van der Waals surface area contributed by atoms with Crippen molar-refractivity contribution in [3.8, 4) is 0 Å². The Kier molecular flexibility index (Phi) is 6.31. The van der Waals surface area contributed by atoms with Gasteiger partial charge in [0.25, 0.3) is 5.76 Å². The van der Waals surface area contributed by atoms with Crippen molar-refractivity contribution in [2.75, 3.05) is 0 Å². The van der Waals surface area contributed by atoms with Gasteiger partial charge in [-0.15, -0.1) is 0 Å². The number of rotatable bonds is 8. The van der Waals surface area contributed by atoms with Crippen LogP contribution in [0.15, 0.2) is 66.1 Å². The van der Waals surface area contributed by atoms with Crippen LogP contribution in [-0.2, 0) is 24.4 Å². The zero-order valence-electron chi connectivity index (χ0n) is 16.8. The molecular weight excluding hydrogens is 420 g/mol. The van der Waals surface area contributed by atoms with E-state index in [1.165, 1.54) is 4.57 Å². The highest BCUT2D eigenvalue weighted by molar-refractivity contribution is 7.99. The van der Waals surface area contributed by atoms with Gasteiger partial charge < -0.3 is 14.5 Å². The van der Waals surface area contributed by atoms with Crippen LogP contribution in [0.4, 0.5) is 8.78 Å². The van der Waals surface area contributed by atoms with Crippen molar-refractivity contribution >= 4 is 28.7 Å². The lowest BCUT2D eigenvalue weighted by Gasteiger charge is -2.11. The van der Waals surface area contributed by atoms with Gasteiger partial charge in [0, 0.05) is 25.5 Å². The standard InChI is InChI=1S/C22H21F2N5OS/c1-15-25-9-10-28(15)13-17-6-4-5-16(11-17)12-26-20(30)14-29-19-8-3-2-7-18(19)27-22(29)31-21(23)24/h2-11,21H,12-14H2,1H3,(H,26,30). The average Bonchev–Trinajstić information content (AvgIpc) is 3.30. The zero-order chi connectivity index (χ0) is 21.8. The van der Waals surface area contributed by atoms with Crippen LogP contribution in [0, 0.1) is 6.92 Å². The van der Waals surface area contributed by atoms with Gasteiger partial charge in [0.1, 0.15) is 12.4 Å². The van der Waals surface area contributed by atoms with Crippen molar-refractivity contribution in [2.45, 2.75) is 37.5 Å². The summed E-state index contributed by atoms with van der Waals surface area (Å²) in [7, 11) is 0. The van der Waals surface area contributed by atoms with Crippen molar-refractivity contribution in [3.63, 3.8) is 0 Å². The minimum atomic E-state index is -2.61. The van der Waals surface area contributed by atoms with Gasteiger partial charge in [-0.25, -0.2) is 9.97 Å². The molecule has 0 saturated heterocycles. The maximum absolute atomic E-state index is 12.9. The van der Waals surface area contributed by atoms with E-state index in [4.69, 9.17) is 0 Å². The van der Waals surface area contributed by atoms with Gasteiger partial charge in [-0.1, -0.05) is 36.4 Å². The third kappa shape index (κ3) is 5.11. The number of aromatic nitrogens is 4. The lowest BCUT2D eigenvalue weighted by molar-refractivity contribution is -0.121. The molecule has 0 saturated carbocycles. The SMILES string of the molecule is Cc1nccn1Cc1cccc(CNC(=O)Cn2c(SC(F)F)nc3ccccc32)c1. The molecule has 0 bridgehead atoms. The summed E-state index contributed by atoms with van der Waals surface area (Å²) in [5, 5.41) is 3.01. The van der Waals surface area contributed by atoms with E-state index in [9.17, 15) is 13.6 Å². The van der Waals surface area contributed by atoms with Gasteiger partial charge in [0.15, 0.2) is 5.16 Å². The molecule has 160 valence electrons. The summed E-state index contributed by atoms with van der Waals surface area (Å²) in [5.41, 5.74) is 3.30. The normalized spacial score (nSPS) is 11.4. The highest BCUT2D eigenvalue weighted by Crippen LogP contribution is 2.28. The van der Waals surface area contributed by atoms with E-state index in [1.54, 1.807) is 30.5 Å². The fraction of sp³-hybridized carbons (Fsp3) is 0.227. The number of carbonyl (C=O) groups excluding carboxylic acids is 1. The molecule has 0 aliphatic carbocycles. The number of nitrogens with zero attached hydrogens (tertiary/aromatic N) is 4. The monoisotopic (exact) mass is 441 g/mol. The number of para-hydroxylation sites is 2. The number of imidazole rings is 2. The number of hydrogen-bond donors (Lipinski definition) is 1. The Morgan fingerprint density at radius 1 is 1.16 bits per heavy atom. The summed E-state index contributed by atoms with van der Waals surface area (Å²) in [6, 6.07) is 15.0. The molecular formula is C22H21F2N5OS. The third-order valence-electron chi connectivity index (χ3n) is 4.87. The van der Waals surface area contributed by atoms with Gasteiger partial charge in [0.05, 0.1) is 11.0 Å². The van der Waals surface area contributed by atoms with Crippen molar-refractivity contribution in [1.29, 1.82) is 0 Å². The van der Waals surface area contributed by atoms with Crippen molar-refractivity contribution in [3.05, 3.63) is 77.9 Å². The minimum Gasteiger partial charge on any atom is -0.350 e. The van der Waals surface area contributed by atoms with Gasteiger partial charge >= 0.3 is 0 Å². The number of halogens is 2. The number of alkyl halides is 2. The predicted octanol–water partition coefficient (Wildman–Crippen LogP) is 4.22. The molecule has 2 aromatic heterocycles. The Bertz CT molecular complexity index is 1200. The Hall–Kier alpha value is -3.20. The Morgan fingerprint density at radius 3 is 2.74 bits per heavy atom. The Balaban J connectivity index is 1.43. The molecule has 6 nitrogen and oxygen atoms in total. The van der Waals surface area contributed by atoms with E-state index in [2.05, 4.69) is 15.3 Å². The first kappa shape index (κ1) is 21.0. The van der Waals surface area contributed by atoms with E-state index in [1.807, 2.05) is 42.0 Å². The van der Waals surface area contributed by atoms with Crippen molar-refractivity contribution in [1.82, 2.24) is 24.4 Å². The molecule has 1 N–H and O–H groups in total. The van der Waals surface area contributed by atoms with Gasteiger partial charge in [-0.3, -0.25) is 4.79 Å². The molecule has 0 radical (unpaired) electrons. The number of benzene rings is 2. The number of aryl methyl sites for hydroxylation is 1. The highest BCUT2D eigenvalue weighted by Gasteiger charge is 2.17. The van der Waals surface area contributed by atoms with Gasteiger partial charge in [0.2, 0.25) is 5.91 Å². The lowest BCUT2D eigenvalue weighted by atomic mass is 10.1. The second kappa shape index (κ2) is 9.30. The second-order valence-electron chi connectivity index (χ2n) is 7.05. The van der Waals surface area contributed by atoms with E-state index in [0.717, 1.165) is 17.0 Å². The van der Waals surface area contributed by atoms with Crippen LogP contribution in [-0.4, -0.2) is 30.8 Å². The Labute approximate surface area is 182 Å².